The lowest BCUT2D eigenvalue weighted by molar-refractivity contribution is -0.856. The summed E-state index contributed by atoms with van der Waals surface area (Å²) in [6.07, 6.45) is 0.478. The van der Waals surface area contributed by atoms with Crippen LogP contribution in [0.4, 0.5) is 5.13 Å². The first kappa shape index (κ1) is 20.1. The first-order valence-electron chi connectivity index (χ1n) is 8.86. The van der Waals surface area contributed by atoms with Crippen molar-refractivity contribution < 1.29 is 9.69 Å². The van der Waals surface area contributed by atoms with Gasteiger partial charge in [0.05, 0.1) is 37.4 Å². The number of fused-ring (bicyclic) bond motifs is 1. The zero-order valence-corrected chi connectivity index (χ0v) is 17.8. The number of quaternary nitrogens is 1. The Morgan fingerprint density at radius 1 is 1.19 bits per heavy atom. The first-order chi connectivity index (χ1) is 13.0. The Morgan fingerprint density at radius 3 is 2.63 bits per heavy atom. The number of carbonyl (C=O) groups excluding carboxylic acids is 1. The Hall–Kier alpha value is -1.60. The summed E-state index contributed by atoms with van der Waals surface area (Å²) in [5.41, 5.74) is 0.947. The van der Waals surface area contributed by atoms with Crippen molar-refractivity contribution in [3.05, 3.63) is 53.6 Å². The van der Waals surface area contributed by atoms with E-state index in [0.29, 0.717) is 13.0 Å². The minimum absolute atomic E-state index is 0.122. The van der Waals surface area contributed by atoms with Crippen molar-refractivity contribution in [2.45, 2.75) is 11.3 Å². The van der Waals surface area contributed by atoms with Gasteiger partial charge in [-0.15, -0.1) is 11.8 Å². The molecule has 3 aromatic rings. The normalized spacial score (nSPS) is 11.3. The van der Waals surface area contributed by atoms with Crippen LogP contribution in [-0.2, 0) is 4.79 Å². The first-order valence-corrected chi connectivity index (χ1v) is 11.0. The lowest BCUT2D eigenvalue weighted by Crippen LogP contribution is -3.06. The molecular weight excluding hydrogens is 398 g/mol. The molecule has 0 atom stereocenters. The van der Waals surface area contributed by atoms with E-state index in [1.54, 1.807) is 23.1 Å². The number of amides is 1. The maximum absolute atomic E-state index is 12.9. The highest BCUT2D eigenvalue weighted by Crippen LogP contribution is 2.29. The van der Waals surface area contributed by atoms with Gasteiger partial charge in [-0.1, -0.05) is 35.1 Å². The fraction of sp³-hybridized carbons (Fsp3) is 0.300. The molecule has 0 aliphatic heterocycles. The minimum Gasteiger partial charge on any atom is -0.338 e. The van der Waals surface area contributed by atoms with Crippen molar-refractivity contribution in [2.75, 3.05) is 37.8 Å². The van der Waals surface area contributed by atoms with Gasteiger partial charge in [0.1, 0.15) is 0 Å². The van der Waals surface area contributed by atoms with Crippen LogP contribution in [0.3, 0.4) is 0 Å². The van der Waals surface area contributed by atoms with Crippen LogP contribution in [0, 0.1) is 0 Å². The Kier molecular flexibility index (Phi) is 7.13. The van der Waals surface area contributed by atoms with Gasteiger partial charge in [-0.05, 0) is 36.4 Å². The predicted octanol–water partition coefficient (Wildman–Crippen LogP) is 3.61. The molecule has 0 saturated heterocycles. The van der Waals surface area contributed by atoms with Crippen molar-refractivity contribution in [1.29, 1.82) is 0 Å². The van der Waals surface area contributed by atoms with E-state index in [1.807, 2.05) is 53.4 Å². The highest BCUT2D eigenvalue weighted by atomic mass is 35.5. The Labute approximate surface area is 173 Å². The van der Waals surface area contributed by atoms with Gasteiger partial charge < -0.3 is 4.90 Å². The topological polar surface area (TPSA) is 37.6 Å². The molecule has 2 aromatic carbocycles. The molecule has 1 amide bonds. The number of likely N-dealkylation sites (N-methyl/N-ethyl adjacent to an activating group) is 1. The van der Waals surface area contributed by atoms with Gasteiger partial charge >= 0.3 is 0 Å². The van der Waals surface area contributed by atoms with E-state index >= 15 is 0 Å². The minimum atomic E-state index is 0.122. The van der Waals surface area contributed by atoms with Gasteiger partial charge in [0.2, 0.25) is 5.91 Å². The van der Waals surface area contributed by atoms with E-state index in [1.165, 1.54) is 4.90 Å². The summed E-state index contributed by atoms with van der Waals surface area (Å²) in [7, 11) is 4.19. The average molecular weight is 421 g/mol. The van der Waals surface area contributed by atoms with Crippen LogP contribution in [-0.4, -0.2) is 43.8 Å². The van der Waals surface area contributed by atoms with E-state index in [-0.39, 0.29) is 5.91 Å². The molecule has 0 saturated carbocycles. The molecule has 1 N–H and O–H groups in total. The Balaban J connectivity index is 1.67. The number of anilines is 1. The molecule has 0 unspecified atom stereocenters. The maximum Gasteiger partial charge on any atom is 0.229 e. The lowest BCUT2D eigenvalue weighted by atomic mass is 10.3. The van der Waals surface area contributed by atoms with Crippen molar-refractivity contribution in [1.82, 2.24) is 4.98 Å². The maximum atomic E-state index is 12.9. The number of hydrogen-bond acceptors (Lipinski definition) is 4. The summed E-state index contributed by atoms with van der Waals surface area (Å²) in [4.78, 5) is 21.9. The van der Waals surface area contributed by atoms with Gasteiger partial charge in [-0.2, -0.15) is 0 Å². The fourth-order valence-corrected chi connectivity index (χ4v) is 4.54. The third-order valence-electron chi connectivity index (χ3n) is 4.05. The second-order valence-electron chi connectivity index (χ2n) is 6.52. The zero-order chi connectivity index (χ0) is 19.2. The highest BCUT2D eigenvalue weighted by molar-refractivity contribution is 7.99. The molecule has 3 rings (SSSR count). The van der Waals surface area contributed by atoms with Crippen LogP contribution in [0.25, 0.3) is 10.2 Å². The third-order valence-corrected chi connectivity index (χ3v) is 6.37. The molecule has 4 nitrogen and oxygen atoms in total. The third kappa shape index (κ3) is 5.69. The average Bonchev–Trinajstić information content (AvgIpc) is 3.07. The van der Waals surface area contributed by atoms with E-state index in [4.69, 9.17) is 11.6 Å². The van der Waals surface area contributed by atoms with E-state index in [2.05, 4.69) is 19.1 Å². The quantitative estimate of drug-likeness (QED) is 0.565. The smallest absolute Gasteiger partial charge is 0.229 e. The molecular formula is C20H23ClN3OS2+. The Bertz CT molecular complexity index is 863. The molecule has 7 heteroatoms. The van der Waals surface area contributed by atoms with Gasteiger partial charge in [-0.25, -0.2) is 4.98 Å². The Morgan fingerprint density at radius 2 is 1.93 bits per heavy atom. The number of para-hydroxylation sites is 1. The number of hydrogen-bond donors (Lipinski definition) is 1. The number of thioether (sulfide) groups is 1. The number of aromatic nitrogens is 1. The van der Waals surface area contributed by atoms with Crippen LogP contribution in [0.5, 0.6) is 0 Å². The van der Waals surface area contributed by atoms with E-state index in [0.717, 1.165) is 37.6 Å². The van der Waals surface area contributed by atoms with Crippen molar-refractivity contribution >= 4 is 56.0 Å². The second kappa shape index (κ2) is 9.55. The van der Waals surface area contributed by atoms with E-state index < -0.39 is 0 Å². The number of carbonyl (C=O) groups is 1. The predicted molar refractivity (Wildman–Crippen MR) is 116 cm³/mol. The van der Waals surface area contributed by atoms with Gasteiger partial charge in [0, 0.05) is 22.1 Å². The summed E-state index contributed by atoms with van der Waals surface area (Å²) in [5.74, 6) is 0.855. The van der Waals surface area contributed by atoms with Gasteiger partial charge in [0.25, 0.3) is 0 Å². The molecule has 1 aromatic heterocycles. The molecule has 0 bridgehead atoms. The van der Waals surface area contributed by atoms with E-state index in [9.17, 15) is 4.79 Å². The number of halogens is 1. The molecule has 1 heterocycles. The molecule has 0 spiro atoms. The van der Waals surface area contributed by atoms with Gasteiger partial charge in [0.15, 0.2) is 5.13 Å². The van der Waals surface area contributed by atoms with Crippen LogP contribution in [0.2, 0.25) is 5.02 Å². The molecule has 142 valence electrons. The standard InChI is InChI=1S/C20H22ClN3OS2/c1-23(2)12-13-24(20-22-17-5-3-4-6-18(17)27-20)19(25)11-14-26-16-9-7-15(21)8-10-16/h3-10H,11-14H2,1-2H3/p+1. The molecule has 0 aliphatic carbocycles. The molecule has 0 fully saturated rings. The summed E-state index contributed by atoms with van der Waals surface area (Å²) >= 11 is 9.17. The number of thiazole rings is 1. The number of nitrogens with one attached hydrogen (secondary N) is 1. The van der Waals surface area contributed by atoms with Crippen LogP contribution >= 0.6 is 34.7 Å². The number of rotatable bonds is 8. The summed E-state index contributed by atoms with van der Waals surface area (Å²) in [6, 6.07) is 15.7. The monoisotopic (exact) mass is 420 g/mol. The van der Waals surface area contributed by atoms with Crippen LogP contribution < -0.4 is 9.80 Å². The molecule has 0 radical (unpaired) electrons. The number of nitrogens with zero attached hydrogens (tertiary/aromatic N) is 2. The van der Waals surface area contributed by atoms with Crippen LogP contribution in [0.15, 0.2) is 53.4 Å². The summed E-state index contributed by atoms with van der Waals surface area (Å²) < 4.78 is 1.11. The van der Waals surface area contributed by atoms with Crippen LogP contribution in [0.1, 0.15) is 6.42 Å². The summed E-state index contributed by atoms with van der Waals surface area (Å²) in [5, 5.41) is 1.52. The lowest BCUT2D eigenvalue weighted by Gasteiger charge is -2.20. The van der Waals surface area contributed by atoms with Crippen molar-refractivity contribution in [2.24, 2.45) is 0 Å². The second-order valence-corrected chi connectivity index (χ2v) is 9.13. The molecule has 0 aliphatic rings. The summed E-state index contributed by atoms with van der Waals surface area (Å²) in [6.45, 7) is 1.55. The van der Waals surface area contributed by atoms with Crippen molar-refractivity contribution in [3.63, 3.8) is 0 Å². The largest absolute Gasteiger partial charge is 0.338 e. The SMILES string of the molecule is C[NH+](C)CCN(C(=O)CCSc1ccc(Cl)cc1)c1nc2ccccc2s1. The number of benzene rings is 2. The fourth-order valence-electron chi connectivity index (χ4n) is 2.56. The molecule has 27 heavy (non-hydrogen) atoms. The highest BCUT2D eigenvalue weighted by Gasteiger charge is 2.20. The van der Waals surface area contributed by atoms with Crippen molar-refractivity contribution in [3.8, 4) is 0 Å². The van der Waals surface area contributed by atoms with Gasteiger partial charge in [-0.3, -0.25) is 9.69 Å². The zero-order valence-electron chi connectivity index (χ0n) is 15.4.